The van der Waals surface area contributed by atoms with E-state index in [1.807, 2.05) is 24.3 Å². The molecule has 130 valence electrons. The van der Waals surface area contributed by atoms with Crippen molar-refractivity contribution in [1.82, 2.24) is 0 Å². The number of pyridine rings is 1. The first kappa shape index (κ1) is 18.7. The van der Waals surface area contributed by atoms with E-state index in [0.717, 1.165) is 26.1 Å². The van der Waals surface area contributed by atoms with Gasteiger partial charge < -0.3 is 9.84 Å². The Bertz CT molecular complexity index is 652. The Balaban J connectivity index is 0.000000236. The summed E-state index contributed by atoms with van der Waals surface area (Å²) in [4.78, 5) is 0. The highest BCUT2D eigenvalue weighted by molar-refractivity contribution is 5.15. The van der Waals surface area contributed by atoms with E-state index >= 15 is 0 Å². The topological polar surface area (TPSA) is 33.3 Å². The van der Waals surface area contributed by atoms with Gasteiger partial charge in [-0.15, -0.1) is 0 Å². The Labute approximate surface area is 150 Å². The number of rotatable bonds is 6. The monoisotopic (exact) mass is 336 g/mol. The molecule has 0 aliphatic rings. The molecule has 1 aromatic heterocycles. The van der Waals surface area contributed by atoms with Gasteiger partial charge in [0.25, 0.3) is 0 Å². The molecule has 0 amide bonds. The van der Waals surface area contributed by atoms with E-state index < -0.39 is 0 Å². The Morgan fingerprint density at radius 2 is 1.40 bits per heavy atom. The van der Waals surface area contributed by atoms with Crippen molar-refractivity contribution in [2.45, 2.75) is 19.4 Å². The van der Waals surface area contributed by atoms with E-state index in [2.05, 4.69) is 42.5 Å². The van der Waals surface area contributed by atoms with Crippen molar-refractivity contribution in [3.8, 4) is 5.88 Å². The van der Waals surface area contributed by atoms with Crippen LogP contribution in [-0.2, 0) is 24.8 Å². The lowest BCUT2D eigenvalue weighted by atomic mass is 10.1. The van der Waals surface area contributed by atoms with E-state index in [1.54, 1.807) is 29.9 Å². The fourth-order valence-electron chi connectivity index (χ4n) is 2.30. The van der Waals surface area contributed by atoms with Crippen molar-refractivity contribution in [3.05, 3.63) is 96.2 Å². The third-order valence-electron chi connectivity index (χ3n) is 3.74. The van der Waals surface area contributed by atoms with Gasteiger partial charge in [0.2, 0.25) is 0 Å². The maximum atomic E-state index is 8.88. The number of aromatic nitrogens is 1. The lowest BCUT2D eigenvalue weighted by molar-refractivity contribution is -0.677. The molecule has 3 nitrogen and oxygen atoms in total. The van der Waals surface area contributed by atoms with Crippen molar-refractivity contribution in [1.29, 1.82) is 0 Å². The third-order valence-corrected chi connectivity index (χ3v) is 3.74. The van der Waals surface area contributed by atoms with Gasteiger partial charge in [-0.1, -0.05) is 60.7 Å². The summed E-state index contributed by atoms with van der Waals surface area (Å²) in [6.45, 7) is 1.54. The minimum absolute atomic E-state index is 0.285. The van der Waals surface area contributed by atoms with Crippen LogP contribution >= 0.6 is 0 Å². The van der Waals surface area contributed by atoms with Crippen LogP contribution < -0.4 is 4.57 Å². The smallest absolute Gasteiger partial charge is 0.365 e. The first-order valence-corrected chi connectivity index (χ1v) is 8.55. The molecule has 3 aromatic rings. The molecule has 0 spiro atoms. The number of hydrogen-bond acceptors (Lipinski definition) is 2. The zero-order valence-corrected chi connectivity index (χ0v) is 14.7. The zero-order valence-electron chi connectivity index (χ0n) is 14.7. The summed E-state index contributed by atoms with van der Waals surface area (Å²) < 4.78 is 7.28. The van der Waals surface area contributed by atoms with Gasteiger partial charge >= 0.3 is 5.88 Å². The molecule has 2 aromatic carbocycles. The summed E-state index contributed by atoms with van der Waals surface area (Å²) in [7, 11) is 1.79. The Hall–Kier alpha value is -2.65. The molecule has 0 aliphatic carbocycles. The lowest BCUT2D eigenvalue weighted by Crippen LogP contribution is -2.26. The van der Waals surface area contributed by atoms with Gasteiger partial charge in [-0.05, 0) is 30.0 Å². The molecule has 0 aliphatic heterocycles. The SMILES string of the molecule is C[n+]1ccccc1O.c1ccc(CCCOCc2ccccc2)cc1. The fourth-order valence-corrected chi connectivity index (χ4v) is 2.30. The van der Waals surface area contributed by atoms with Gasteiger partial charge in [-0.25, -0.2) is 0 Å². The predicted octanol–water partition coefficient (Wildman–Crippen LogP) is 4.05. The molecule has 0 atom stereocenters. The molecule has 1 heterocycles. The molecule has 0 radical (unpaired) electrons. The second-order valence-electron chi connectivity index (χ2n) is 5.80. The van der Waals surface area contributed by atoms with E-state index in [0.29, 0.717) is 0 Å². The van der Waals surface area contributed by atoms with Crippen LogP contribution in [-0.4, -0.2) is 11.7 Å². The molecule has 3 rings (SSSR count). The summed E-state index contributed by atoms with van der Waals surface area (Å²) in [6.07, 6.45) is 3.96. The molecule has 1 N–H and O–H groups in total. The molecular formula is C22H26NO2+. The Morgan fingerprint density at radius 3 is 1.96 bits per heavy atom. The number of benzene rings is 2. The minimum Gasteiger partial charge on any atom is -0.460 e. The number of ether oxygens (including phenoxy) is 1. The van der Waals surface area contributed by atoms with Crippen LogP contribution in [0.2, 0.25) is 0 Å². The Morgan fingerprint density at radius 1 is 0.800 bits per heavy atom. The number of aromatic hydroxyl groups is 1. The molecule has 0 saturated heterocycles. The maximum Gasteiger partial charge on any atom is 0.365 e. The van der Waals surface area contributed by atoms with Gasteiger partial charge in [0.05, 0.1) is 12.7 Å². The van der Waals surface area contributed by atoms with Crippen molar-refractivity contribution in [3.63, 3.8) is 0 Å². The van der Waals surface area contributed by atoms with E-state index in [1.165, 1.54) is 11.1 Å². The fraction of sp³-hybridized carbons (Fsp3) is 0.227. The van der Waals surface area contributed by atoms with Crippen molar-refractivity contribution in [2.75, 3.05) is 6.61 Å². The van der Waals surface area contributed by atoms with Crippen LogP contribution in [0.15, 0.2) is 85.1 Å². The number of aryl methyl sites for hydroxylation is 2. The number of hydrogen-bond donors (Lipinski definition) is 1. The molecular weight excluding hydrogens is 310 g/mol. The summed E-state index contributed by atoms with van der Waals surface area (Å²) in [5, 5.41) is 8.88. The summed E-state index contributed by atoms with van der Waals surface area (Å²) in [5.41, 5.74) is 2.63. The van der Waals surface area contributed by atoms with Crippen molar-refractivity contribution < 1.29 is 14.4 Å². The van der Waals surface area contributed by atoms with Crippen LogP contribution in [0.3, 0.4) is 0 Å². The highest BCUT2D eigenvalue weighted by atomic mass is 16.5. The standard InChI is InChI=1S/C16H18O.C6H7NO/c1-3-8-15(9-4-1)12-7-13-17-14-16-10-5-2-6-11-16;1-7-5-3-2-4-6(7)8/h1-6,8-11H,7,12-14H2;2-5H,1H3/p+1. The van der Waals surface area contributed by atoms with Gasteiger partial charge in [-0.3, -0.25) is 0 Å². The van der Waals surface area contributed by atoms with Crippen LogP contribution in [0.25, 0.3) is 0 Å². The second kappa shape index (κ2) is 11.0. The van der Waals surface area contributed by atoms with Crippen LogP contribution in [0.4, 0.5) is 0 Å². The molecule has 0 saturated carbocycles. The summed E-state index contributed by atoms with van der Waals surface area (Å²) in [6, 6.07) is 26.1. The second-order valence-corrected chi connectivity index (χ2v) is 5.80. The predicted molar refractivity (Wildman–Crippen MR) is 100 cm³/mol. The van der Waals surface area contributed by atoms with Crippen molar-refractivity contribution >= 4 is 0 Å². The largest absolute Gasteiger partial charge is 0.460 e. The average Bonchev–Trinajstić information content (AvgIpc) is 2.66. The quantitative estimate of drug-likeness (QED) is 0.544. The van der Waals surface area contributed by atoms with Crippen LogP contribution in [0.5, 0.6) is 5.88 Å². The average molecular weight is 336 g/mol. The maximum absolute atomic E-state index is 8.88. The number of nitrogens with zero attached hydrogens (tertiary/aromatic N) is 1. The molecule has 25 heavy (non-hydrogen) atoms. The van der Waals surface area contributed by atoms with Gasteiger partial charge in [0.15, 0.2) is 6.20 Å². The van der Waals surface area contributed by atoms with E-state index in [9.17, 15) is 0 Å². The molecule has 0 unspecified atom stereocenters. The summed E-state index contributed by atoms with van der Waals surface area (Å²) >= 11 is 0. The van der Waals surface area contributed by atoms with Gasteiger partial charge in [0.1, 0.15) is 7.05 Å². The highest BCUT2D eigenvalue weighted by Crippen LogP contribution is 2.04. The van der Waals surface area contributed by atoms with Gasteiger partial charge in [-0.2, -0.15) is 4.57 Å². The van der Waals surface area contributed by atoms with Crippen LogP contribution in [0.1, 0.15) is 17.5 Å². The van der Waals surface area contributed by atoms with Crippen LogP contribution in [0, 0.1) is 0 Å². The molecule has 3 heteroatoms. The summed E-state index contributed by atoms with van der Waals surface area (Å²) in [5.74, 6) is 0.285. The molecule has 0 fully saturated rings. The van der Waals surface area contributed by atoms with E-state index in [-0.39, 0.29) is 5.88 Å². The third kappa shape index (κ3) is 7.64. The normalized spacial score (nSPS) is 9.96. The van der Waals surface area contributed by atoms with Gasteiger partial charge in [0, 0.05) is 12.7 Å². The highest BCUT2D eigenvalue weighted by Gasteiger charge is 1.96. The minimum atomic E-state index is 0.285. The first-order valence-electron chi connectivity index (χ1n) is 8.55. The lowest BCUT2D eigenvalue weighted by Gasteiger charge is -2.04. The first-order chi connectivity index (χ1) is 12.3. The Kier molecular flexibility index (Phi) is 8.22. The van der Waals surface area contributed by atoms with E-state index in [4.69, 9.17) is 9.84 Å². The zero-order chi connectivity index (χ0) is 17.7. The van der Waals surface area contributed by atoms with Crippen molar-refractivity contribution in [2.24, 2.45) is 7.05 Å². The molecule has 0 bridgehead atoms.